The van der Waals surface area contributed by atoms with Gasteiger partial charge in [-0.25, -0.2) is 4.39 Å². The summed E-state index contributed by atoms with van der Waals surface area (Å²) >= 11 is 1.09. The van der Waals surface area contributed by atoms with Crippen LogP contribution in [0.3, 0.4) is 0 Å². The van der Waals surface area contributed by atoms with E-state index in [9.17, 15) is 18.8 Å². The molecule has 2 N–H and O–H groups in total. The lowest BCUT2D eigenvalue weighted by molar-refractivity contribution is -0.127. The fourth-order valence-electron chi connectivity index (χ4n) is 4.44. The summed E-state index contributed by atoms with van der Waals surface area (Å²) in [6.45, 7) is 3.47. The molecule has 0 radical (unpaired) electrons. The Balaban J connectivity index is 1.54. The highest BCUT2D eigenvalue weighted by molar-refractivity contribution is 8.00. The van der Waals surface area contributed by atoms with E-state index in [4.69, 9.17) is 8.94 Å². The van der Waals surface area contributed by atoms with E-state index in [1.807, 2.05) is 0 Å². The van der Waals surface area contributed by atoms with Crippen LogP contribution in [0.4, 0.5) is 15.9 Å². The van der Waals surface area contributed by atoms with Gasteiger partial charge in [0.05, 0.1) is 11.5 Å². The molecule has 1 atom stereocenters. The maximum Gasteiger partial charge on any atom is 0.251 e. The fraction of sp³-hybridized carbons (Fsp3) is 0.407. The summed E-state index contributed by atoms with van der Waals surface area (Å²) in [6, 6.07) is 9.28. The predicted octanol–water partition coefficient (Wildman–Crippen LogP) is 4.92. The van der Waals surface area contributed by atoms with Gasteiger partial charge in [0.25, 0.3) is 5.91 Å². The van der Waals surface area contributed by atoms with Gasteiger partial charge in [0.1, 0.15) is 23.1 Å². The van der Waals surface area contributed by atoms with Crippen LogP contribution in [0, 0.1) is 19.7 Å². The molecule has 2 aromatic heterocycles. The number of aromatic nitrogens is 1. The van der Waals surface area contributed by atoms with Crippen molar-refractivity contribution >= 4 is 41.0 Å². The summed E-state index contributed by atoms with van der Waals surface area (Å²) in [4.78, 5) is 40.9. The quantitative estimate of drug-likeness (QED) is 0.373. The van der Waals surface area contributed by atoms with Crippen molar-refractivity contribution in [3.05, 3.63) is 65.6 Å². The van der Waals surface area contributed by atoms with Crippen molar-refractivity contribution in [2.75, 3.05) is 21.7 Å². The molecule has 0 saturated heterocycles. The van der Waals surface area contributed by atoms with Gasteiger partial charge in [-0.2, -0.15) is 0 Å². The minimum atomic E-state index is -1.10. The number of nitrogens with zero attached hydrogens (tertiary/aromatic N) is 2. The highest BCUT2D eigenvalue weighted by Gasteiger charge is 2.36. The van der Waals surface area contributed by atoms with Crippen LogP contribution in [0.15, 0.2) is 51.4 Å². The molecule has 38 heavy (non-hydrogen) atoms. The number of amides is 3. The van der Waals surface area contributed by atoms with Gasteiger partial charge in [0.15, 0.2) is 11.9 Å². The largest absolute Gasteiger partial charge is 0.464 e. The number of nitrogens with one attached hydrogen (secondary N) is 2. The van der Waals surface area contributed by atoms with Gasteiger partial charge in [-0.05, 0) is 63.1 Å². The zero-order valence-electron chi connectivity index (χ0n) is 21.4. The van der Waals surface area contributed by atoms with Gasteiger partial charge in [-0.1, -0.05) is 24.4 Å². The molecule has 1 fully saturated rings. The predicted molar refractivity (Wildman–Crippen MR) is 142 cm³/mol. The smallest absolute Gasteiger partial charge is 0.251 e. The number of anilines is 2. The van der Waals surface area contributed by atoms with Gasteiger partial charge < -0.3 is 19.6 Å². The van der Waals surface area contributed by atoms with Gasteiger partial charge in [-0.3, -0.25) is 19.3 Å². The van der Waals surface area contributed by atoms with Crippen LogP contribution in [0.1, 0.15) is 55.4 Å². The normalized spacial score (nSPS) is 14.6. The third kappa shape index (κ3) is 7.25. The van der Waals surface area contributed by atoms with Crippen LogP contribution in [0.5, 0.6) is 0 Å². The summed E-state index contributed by atoms with van der Waals surface area (Å²) in [5.74, 6) is 0.0172. The first-order valence-corrected chi connectivity index (χ1v) is 13.7. The van der Waals surface area contributed by atoms with E-state index in [1.165, 1.54) is 29.2 Å². The Morgan fingerprint density at radius 1 is 1.05 bits per heavy atom. The number of rotatable bonds is 10. The number of carbonyl (C=O) groups is 3. The van der Waals surface area contributed by atoms with E-state index >= 15 is 0 Å². The van der Waals surface area contributed by atoms with Crippen molar-refractivity contribution in [3.8, 4) is 0 Å². The second-order valence-electron chi connectivity index (χ2n) is 9.30. The van der Waals surface area contributed by atoms with Crippen molar-refractivity contribution in [2.45, 2.75) is 58.0 Å². The Morgan fingerprint density at radius 3 is 2.42 bits per heavy atom. The maximum atomic E-state index is 13.8. The zero-order chi connectivity index (χ0) is 27.1. The molecule has 3 aromatic rings. The maximum absolute atomic E-state index is 13.8. The number of aryl methyl sites for hydroxylation is 2. The lowest BCUT2D eigenvalue weighted by Crippen LogP contribution is -2.47. The van der Waals surface area contributed by atoms with Crippen molar-refractivity contribution in [2.24, 2.45) is 0 Å². The third-order valence-electron chi connectivity index (χ3n) is 6.22. The Morgan fingerprint density at radius 2 is 1.79 bits per heavy atom. The van der Waals surface area contributed by atoms with Gasteiger partial charge in [0, 0.05) is 17.8 Å². The topological polar surface area (TPSA) is 118 Å². The number of furan rings is 1. The van der Waals surface area contributed by atoms with E-state index < -0.39 is 17.8 Å². The second kappa shape index (κ2) is 12.8. The van der Waals surface area contributed by atoms with Crippen LogP contribution in [-0.4, -0.2) is 40.4 Å². The standard InChI is InChI=1S/C27H31FN4O5S/c1-17-8-13-22(36-17)26(27(35)29-20-6-4-3-5-7-20)32(21-11-9-19(28)10-12-21)25(34)16-38-15-24(33)30-23-14-18(2)37-31-23/h8-14,20,26H,3-7,15-16H2,1-2H3,(H,29,35)(H,30,31,33)/t26-/m1/s1. The molecular weight excluding hydrogens is 511 g/mol. The molecule has 9 nitrogen and oxygen atoms in total. The molecule has 4 rings (SSSR count). The number of halogens is 1. The van der Waals surface area contributed by atoms with Gasteiger partial charge in [-0.15, -0.1) is 11.8 Å². The lowest BCUT2D eigenvalue weighted by atomic mass is 9.95. The van der Waals surface area contributed by atoms with Crippen molar-refractivity contribution in [1.82, 2.24) is 10.5 Å². The number of hydrogen-bond acceptors (Lipinski definition) is 7. The molecule has 202 valence electrons. The number of benzene rings is 1. The van der Waals surface area contributed by atoms with Crippen LogP contribution < -0.4 is 15.5 Å². The SMILES string of the molecule is Cc1cc(NC(=O)CSCC(=O)N(c2ccc(F)cc2)[C@@H](C(=O)NC2CCCCC2)c2ccc(C)o2)no1. The van der Waals surface area contributed by atoms with Crippen LogP contribution in [0.25, 0.3) is 0 Å². The minimum Gasteiger partial charge on any atom is -0.464 e. The van der Waals surface area contributed by atoms with Crippen LogP contribution in [-0.2, 0) is 14.4 Å². The molecule has 2 heterocycles. The molecule has 3 amide bonds. The first kappa shape index (κ1) is 27.4. The molecular formula is C27H31FN4O5S. The van der Waals surface area contributed by atoms with Gasteiger partial charge >= 0.3 is 0 Å². The third-order valence-corrected chi connectivity index (χ3v) is 7.13. The molecule has 0 aliphatic heterocycles. The highest BCUT2D eigenvalue weighted by Crippen LogP contribution is 2.31. The first-order valence-electron chi connectivity index (χ1n) is 12.6. The van der Waals surface area contributed by atoms with E-state index in [0.717, 1.165) is 43.9 Å². The van der Waals surface area contributed by atoms with Gasteiger partial charge in [0.2, 0.25) is 11.8 Å². The van der Waals surface area contributed by atoms with E-state index in [0.29, 0.717) is 28.8 Å². The lowest BCUT2D eigenvalue weighted by Gasteiger charge is -2.32. The van der Waals surface area contributed by atoms with E-state index in [2.05, 4.69) is 15.8 Å². The molecule has 0 bridgehead atoms. The summed E-state index contributed by atoms with van der Waals surface area (Å²) < 4.78 is 24.5. The second-order valence-corrected chi connectivity index (χ2v) is 10.3. The van der Waals surface area contributed by atoms with Crippen LogP contribution in [0.2, 0.25) is 0 Å². The first-order chi connectivity index (χ1) is 18.3. The summed E-state index contributed by atoms with van der Waals surface area (Å²) in [5, 5.41) is 9.42. The number of carbonyl (C=O) groups excluding carboxylic acids is 3. The molecule has 0 spiro atoms. The Bertz CT molecular complexity index is 1250. The molecule has 1 saturated carbocycles. The molecule has 1 aliphatic rings. The highest BCUT2D eigenvalue weighted by atomic mass is 32.2. The summed E-state index contributed by atoms with van der Waals surface area (Å²) in [6.07, 6.45) is 4.94. The molecule has 1 aliphatic carbocycles. The average Bonchev–Trinajstić information content (AvgIpc) is 3.50. The number of hydrogen-bond donors (Lipinski definition) is 2. The Kier molecular flexibility index (Phi) is 9.22. The van der Waals surface area contributed by atoms with E-state index in [-0.39, 0.29) is 29.4 Å². The minimum absolute atomic E-state index is 0.0122. The molecule has 11 heteroatoms. The Labute approximate surface area is 224 Å². The Hall–Kier alpha value is -3.60. The monoisotopic (exact) mass is 542 g/mol. The molecule has 0 unspecified atom stereocenters. The van der Waals surface area contributed by atoms with Crippen molar-refractivity contribution in [1.29, 1.82) is 0 Å². The summed E-state index contributed by atoms with van der Waals surface area (Å²) in [5.41, 5.74) is 0.345. The van der Waals surface area contributed by atoms with E-state index in [1.54, 1.807) is 32.0 Å². The van der Waals surface area contributed by atoms with Crippen LogP contribution >= 0.6 is 11.8 Å². The fourth-order valence-corrected chi connectivity index (χ4v) is 5.12. The molecule has 1 aromatic carbocycles. The summed E-state index contributed by atoms with van der Waals surface area (Å²) in [7, 11) is 0. The van der Waals surface area contributed by atoms with Crippen molar-refractivity contribution in [3.63, 3.8) is 0 Å². The number of thioether (sulfide) groups is 1. The zero-order valence-corrected chi connectivity index (χ0v) is 22.2. The average molecular weight is 543 g/mol. The van der Waals surface area contributed by atoms with Crippen molar-refractivity contribution < 1.29 is 27.7 Å².